The van der Waals surface area contributed by atoms with E-state index in [9.17, 15) is 18.7 Å². The predicted octanol–water partition coefficient (Wildman–Crippen LogP) is 0.0756. The van der Waals surface area contributed by atoms with Crippen LogP contribution in [0.5, 0.6) is 0 Å². The lowest BCUT2D eigenvalue weighted by molar-refractivity contribution is -0.144. The molecule has 1 aliphatic heterocycles. The van der Waals surface area contributed by atoms with Crippen LogP contribution in [0.3, 0.4) is 0 Å². The first-order valence-corrected chi connectivity index (χ1v) is 5.75. The Hall–Kier alpha value is -2.07. The fraction of sp³-hybridized carbons (Fsp3) is 0.600. The number of aryl methyl sites for hydroxylation is 1. The van der Waals surface area contributed by atoms with Gasteiger partial charge >= 0.3 is 11.6 Å². The summed E-state index contributed by atoms with van der Waals surface area (Å²) in [5.74, 6) is -3.97. The Kier molecular flexibility index (Phi) is 3.68. The molecule has 1 aromatic heterocycles. The smallest absolute Gasteiger partial charge is 0.350 e. The van der Waals surface area contributed by atoms with Gasteiger partial charge in [0.15, 0.2) is 6.10 Å². The summed E-state index contributed by atoms with van der Waals surface area (Å²) >= 11 is 0. The maximum atomic E-state index is 14.1. The molecule has 2 rings (SSSR count). The third-order valence-electron chi connectivity index (χ3n) is 3.10. The number of aliphatic hydroxyl groups excluding tert-OH is 2. The first kappa shape index (κ1) is 15.3. The molecule has 0 aromatic carbocycles. The number of nitrogens with zero attached hydrogens (tertiary/aromatic N) is 5. The first-order valence-electron chi connectivity index (χ1n) is 5.75. The normalized spacial score (nSPS) is 30.9. The Morgan fingerprint density at radius 3 is 2.86 bits per heavy atom. The molecular formula is C10H11F2N5O4. The topological polar surface area (TPSA) is 133 Å². The Morgan fingerprint density at radius 1 is 1.67 bits per heavy atom. The highest BCUT2D eigenvalue weighted by molar-refractivity contribution is 5.06. The van der Waals surface area contributed by atoms with Crippen LogP contribution in [0.25, 0.3) is 10.4 Å². The van der Waals surface area contributed by atoms with E-state index >= 15 is 0 Å². The van der Waals surface area contributed by atoms with Gasteiger partial charge in [-0.2, -0.15) is 13.8 Å². The lowest BCUT2D eigenvalue weighted by Crippen LogP contribution is -2.47. The summed E-state index contributed by atoms with van der Waals surface area (Å²) in [4.78, 5) is 17.4. The van der Waals surface area contributed by atoms with Gasteiger partial charge in [-0.05, 0) is 18.5 Å². The molecule has 0 spiro atoms. The summed E-state index contributed by atoms with van der Waals surface area (Å²) in [6.07, 6.45) is -3.87. The van der Waals surface area contributed by atoms with Crippen LogP contribution >= 0.6 is 0 Å². The van der Waals surface area contributed by atoms with Crippen LogP contribution in [0.4, 0.5) is 8.78 Å². The highest BCUT2D eigenvalue weighted by Crippen LogP contribution is 2.48. The van der Waals surface area contributed by atoms with Crippen LogP contribution in [0, 0.1) is 6.92 Å². The summed E-state index contributed by atoms with van der Waals surface area (Å²) in [5, 5.41) is 21.7. The molecule has 3 atom stereocenters. The van der Waals surface area contributed by atoms with Gasteiger partial charge in [0, 0.05) is 16.8 Å². The fourth-order valence-electron chi connectivity index (χ4n) is 2.00. The number of aromatic nitrogens is 2. The molecule has 1 aliphatic rings. The molecule has 21 heavy (non-hydrogen) atoms. The maximum Gasteiger partial charge on any atom is 0.350 e. The average molecular weight is 303 g/mol. The number of halogens is 2. The van der Waals surface area contributed by atoms with Crippen LogP contribution in [0.1, 0.15) is 11.9 Å². The van der Waals surface area contributed by atoms with E-state index in [1.807, 2.05) is 0 Å². The van der Waals surface area contributed by atoms with Gasteiger partial charge in [-0.25, -0.2) is 4.79 Å². The van der Waals surface area contributed by atoms with Crippen LogP contribution in [0.2, 0.25) is 0 Å². The van der Waals surface area contributed by atoms with Crippen LogP contribution in [-0.4, -0.2) is 44.1 Å². The largest absolute Gasteiger partial charge is 0.393 e. The molecule has 0 bridgehead atoms. The van der Waals surface area contributed by atoms with E-state index in [1.54, 1.807) is 0 Å². The monoisotopic (exact) mass is 303 g/mol. The van der Waals surface area contributed by atoms with Crippen molar-refractivity contribution in [2.75, 3.05) is 6.61 Å². The van der Waals surface area contributed by atoms with Gasteiger partial charge in [-0.3, -0.25) is 4.57 Å². The minimum Gasteiger partial charge on any atom is -0.393 e. The second-order valence-electron chi connectivity index (χ2n) is 4.50. The van der Waals surface area contributed by atoms with Gasteiger partial charge < -0.3 is 14.9 Å². The molecule has 2 heterocycles. The molecular weight excluding hydrogens is 292 g/mol. The molecule has 0 aliphatic carbocycles. The summed E-state index contributed by atoms with van der Waals surface area (Å²) in [5.41, 5.74) is 5.09. The van der Waals surface area contributed by atoms with Gasteiger partial charge in [0.25, 0.3) is 0 Å². The molecule has 0 saturated carbocycles. The minimum absolute atomic E-state index is 0.307. The van der Waals surface area contributed by atoms with E-state index < -0.39 is 36.3 Å². The number of azide groups is 1. The van der Waals surface area contributed by atoms with E-state index in [1.165, 1.54) is 13.0 Å². The zero-order valence-corrected chi connectivity index (χ0v) is 10.7. The zero-order valence-electron chi connectivity index (χ0n) is 10.7. The molecule has 0 radical (unpaired) electrons. The van der Waals surface area contributed by atoms with Gasteiger partial charge in [-0.15, -0.1) is 0 Å². The Bertz CT molecular complexity index is 659. The van der Waals surface area contributed by atoms with E-state index in [0.29, 0.717) is 10.3 Å². The maximum absolute atomic E-state index is 14.1. The predicted molar refractivity (Wildman–Crippen MR) is 63.3 cm³/mol. The number of rotatable bonds is 3. The second kappa shape index (κ2) is 5.04. The minimum atomic E-state index is -3.97. The summed E-state index contributed by atoms with van der Waals surface area (Å²) < 4.78 is 33.5. The molecule has 11 heteroatoms. The van der Waals surface area contributed by atoms with E-state index in [-0.39, 0.29) is 0 Å². The lowest BCUT2D eigenvalue weighted by atomic mass is 10.1. The Balaban J connectivity index is 2.55. The number of ether oxygens (including phenoxy) is 1. The van der Waals surface area contributed by atoms with Crippen LogP contribution < -0.4 is 5.69 Å². The van der Waals surface area contributed by atoms with Crippen LogP contribution in [0.15, 0.2) is 22.2 Å². The quantitative estimate of drug-likeness (QED) is 0.463. The number of hydrogen-bond acceptors (Lipinski definition) is 6. The summed E-state index contributed by atoms with van der Waals surface area (Å²) in [7, 11) is 0. The number of alkyl halides is 2. The Morgan fingerprint density at radius 2 is 2.33 bits per heavy atom. The molecule has 114 valence electrons. The van der Waals surface area contributed by atoms with Crippen molar-refractivity contribution in [3.8, 4) is 0 Å². The van der Waals surface area contributed by atoms with E-state index in [0.717, 1.165) is 6.20 Å². The van der Waals surface area contributed by atoms with Gasteiger partial charge in [0.05, 0.1) is 6.61 Å². The highest BCUT2D eigenvalue weighted by Gasteiger charge is 2.67. The van der Waals surface area contributed by atoms with Gasteiger partial charge in [0.1, 0.15) is 0 Å². The first-order chi connectivity index (χ1) is 9.78. The molecule has 1 aromatic rings. The summed E-state index contributed by atoms with van der Waals surface area (Å²) in [6, 6.07) is 1.29. The van der Waals surface area contributed by atoms with Gasteiger partial charge in [0.2, 0.25) is 12.0 Å². The highest BCUT2D eigenvalue weighted by atomic mass is 19.3. The molecule has 2 N–H and O–H groups in total. The van der Waals surface area contributed by atoms with Crippen molar-refractivity contribution in [3.63, 3.8) is 0 Å². The SMILES string of the molecule is Cc1ccn([C@@H]2O[C@@](CO)(N=[N+]=[N-])[C@@H](O)C2(F)F)c(=O)n1. The van der Waals surface area contributed by atoms with Crippen molar-refractivity contribution in [1.29, 1.82) is 0 Å². The van der Waals surface area contributed by atoms with Crippen molar-refractivity contribution in [2.45, 2.75) is 30.9 Å². The average Bonchev–Trinajstić information content (AvgIpc) is 2.61. The molecule has 0 amide bonds. The molecule has 1 fully saturated rings. The summed E-state index contributed by atoms with van der Waals surface area (Å²) in [6.45, 7) is 0.310. The van der Waals surface area contributed by atoms with E-state index in [2.05, 4.69) is 15.0 Å². The van der Waals surface area contributed by atoms with Crippen LogP contribution in [-0.2, 0) is 4.74 Å². The van der Waals surface area contributed by atoms with Gasteiger partial charge in [-0.1, -0.05) is 5.11 Å². The van der Waals surface area contributed by atoms with Crippen molar-refractivity contribution in [3.05, 3.63) is 38.9 Å². The van der Waals surface area contributed by atoms with Crippen molar-refractivity contribution in [2.24, 2.45) is 5.11 Å². The third-order valence-corrected chi connectivity index (χ3v) is 3.10. The number of aliphatic hydroxyl groups is 2. The number of hydrogen-bond donors (Lipinski definition) is 2. The second-order valence-corrected chi connectivity index (χ2v) is 4.50. The van der Waals surface area contributed by atoms with Crippen molar-refractivity contribution < 1.29 is 23.7 Å². The lowest BCUT2D eigenvalue weighted by Gasteiger charge is -2.23. The van der Waals surface area contributed by atoms with Crippen molar-refractivity contribution >= 4 is 0 Å². The fourth-order valence-corrected chi connectivity index (χ4v) is 2.00. The molecule has 9 nitrogen and oxygen atoms in total. The molecule has 1 saturated heterocycles. The molecule has 0 unspecified atom stereocenters. The van der Waals surface area contributed by atoms with E-state index in [4.69, 9.17) is 15.4 Å². The zero-order chi connectivity index (χ0) is 15.8. The third kappa shape index (κ3) is 2.25. The van der Waals surface area contributed by atoms with Crippen molar-refractivity contribution in [1.82, 2.24) is 9.55 Å². The Labute approximate surface area is 116 Å². The standard InChI is InChI=1S/C10H11F2N5O4/c1-5-2-3-17(8(20)14-5)7-10(11,12)6(19)9(4-18,21-7)15-16-13/h2-3,6-7,18-19H,4H2,1H3/t6-,7-,9-/m1/s1.